The van der Waals surface area contributed by atoms with Gasteiger partial charge in [0.05, 0.1) is 23.5 Å². The van der Waals surface area contributed by atoms with Crippen LogP contribution in [0.1, 0.15) is 18.7 Å². The smallest absolute Gasteiger partial charge is 0.258 e. The lowest BCUT2D eigenvalue weighted by Crippen LogP contribution is -2.50. The molecule has 2 amide bonds. The van der Waals surface area contributed by atoms with Crippen LogP contribution >= 0.6 is 0 Å². The summed E-state index contributed by atoms with van der Waals surface area (Å²) in [5.41, 5.74) is 0.405. The van der Waals surface area contributed by atoms with E-state index in [-0.39, 0.29) is 23.9 Å². The van der Waals surface area contributed by atoms with Crippen LogP contribution in [-0.4, -0.2) is 27.8 Å². The number of imide groups is 1. The second-order valence-electron chi connectivity index (χ2n) is 4.91. The molecule has 0 bridgehead atoms. The molecule has 1 fully saturated rings. The van der Waals surface area contributed by atoms with Crippen molar-refractivity contribution in [3.8, 4) is 0 Å². The van der Waals surface area contributed by atoms with Gasteiger partial charge in [0, 0.05) is 6.42 Å². The summed E-state index contributed by atoms with van der Waals surface area (Å²) in [7, 11) is 0. The summed E-state index contributed by atoms with van der Waals surface area (Å²) in [6, 6.07) is 6.62. The molecule has 1 saturated heterocycles. The third-order valence-corrected chi connectivity index (χ3v) is 3.42. The highest BCUT2D eigenvalue weighted by Crippen LogP contribution is 2.07. The fourth-order valence-electron chi connectivity index (χ4n) is 2.33. The first-order valence-electron chi connectivity index (χ1n) is 6.68. The normalized spacial score (nSPS) is 18.8. The fourth-order valence-corrected chi connectivity index (χ4v) is 2.33. The first kappa shape index (κ1) is 13.4. The molecule has 0 spiro atoms. The van der Waals surface area contributed by atoms with Crippen LogP contribution in [0.15, 0.2) is 29.1 Å². The van der Waals surface area contributed by atoms with Crippen LogP contribution < -0.4 is 16.2 Å². The molecule has 2 aromatic rings. The van der Waals surface area contributed by atoms with Crippen molar-refractivity contribution in [1.29, 1.82) is 0 Å². The average molecular weight is 286 g/mol. The Morgan fingerprint density at radius 2 is 2.05 bits per heavy atom. The number of benzene rings is 1. The van der Waals surface area contributed by atoms with Gasteiger partial charge in [0.15, 0.2) is 0 Å². The van der Waals surface area contributed by atoms with Gasteiger partial charge < -0.3 is 4.98 Å². The van der Waals surface area contributed by atoms with E-state index in [1.807, 2.05) is 6.07 Å². The lowest BCUT2D eigenvalue weighted by Gasteiger charge is -2.21. The van der Waals surface area contributed by atoms with Crippen molar-refractivity contribution in [2.75, 3.05) is 0 Å². The van der Waals surface area contributed by atoms with Gasteiger partial charge in [-0.2, -0.15) is 0 Å². The maximum Gasteiger partial charge on any atom is 0.258 e. The Kier molecular flexibility index (Phi) is 3.49. The maximum absolute atomic E-state index is 11.9. The highest BCUT2D eigenvalue weighted by atomic mass is 16.2. The summed E-state index contributed by atoms with van der Waals surface area (Å²) in [5.74, 6) is -0.131. The topological polar surface area (TPSA) is 104 Å². The summed E-state index contributed by atoms with van der Waals surface area (Å²) >= 11 is 0. The SMILES string of the molecule is O=C1CCC(NCc2nc3ccccc3c(=O)[nH]2)C(=O)N1. The van der Waals surface area contributed by atoms with Crippen LogP contribution in [0.2, 0.25) is 0 Å². The highest BCUT2D eigenvalue weighted by Gasteiger charge is 2.25. The molecule has 21 heavy (non-hydrogen) atoms. The van der Waals surface area contributed by atoms with E-state index >= 15 is 0 Å². The molecule has 0 radical (unpaired) electrons. The molecule has 1 aliphatic heterocycles. The highest BCUT2D eigenvalue weighted by molar-refractivity contribution is 6.00. The molecule has 3 rings (SSSR count). The minimum absolute atomic E-state index is 0.208. The Morgan fingerprint density at radius 3 is 2.86 bits per heavy atom. The maximum atomic E-state index is 11.9. The quantitative estimate of drug-likeness (QED) is 0.679. The summed E-state index contributed by atoms with van der Waals surface area (Å²) in [6.45, 7) is 0.256. The van der Waals surface area contributed by atoms with Crippen LogP contribution in [0, 0.1) is 0 Å². The Bertz CT molecular complexity index is 768. The van der Waals surface area contributed by atoms with Gasteiger partial charge in [-0.3, -0.25) is 25.0 Å². The second-order valence-corrected chi connectivity index (χ2v) is 4.91. The predicted octanol–water partition coefficient (Wildman–Crippen LogP) is -0.182. The van der Waals surface area contributed by atoms with Crippen molar-refractivity contribution in [3.63, 3.8) is 0 Å². The van der Waals surface area contributed by atoms with E-state index in [9.17, 15) is 14.4 Å². The average Bonchev–Trinajstić information content (AvgIpc) is 2.46. The summed E-state index contributed by atoms with van der Waals surface area (Å²) in [5, 5.41) is 5.81. The number of aromatic amines is 1. The molecule has 7 nitrogen and oxygen atoms in total. The zero-order valence-corrected chi connectivity index (χ0v) is 11.2. The molecule has 7 heteroatoms. The van der Waals surface area contributed by atoms with Crippen molar-refractivity contribution in [1.82, 2.24) is 20.6 Å². The molecule has 2 heterocycles. The second kappa shape index (κ2) is 5.45. The lowest BCUT2D eigenvalue weighted by atomic mass is 10.1. The number of hydrogen-bond donors (Lipinski definition) is 3. The number of nitrogens with zero attached hydrogens (tertiary/aromatic N) is 1. The summed E-state index contributed by atoms with van der Waals surface area (Å²) in [6.07, 6.45) is 0.757. The van der Waals surface area contributed by atoms with Gasteiger partial charge in [-0.05, 0) is 18.6 Å². The number of carbonyl (C=O) groups is 2. The third kappa shape index (κ3) is 2.82. The molecule has 108 valence electrons. The molecule has 0 aliphatic carbocycles. The number of piperidine rings is 1. The van der Waals surface area contributed by atoms with E-state index in [0.717, 1.165) is 0 Å². The number of para-hydroxylation sites is 1. The number of nitrogens with one attached hydrogen (secondary N) is 3. The fraction of sp³-hybridized carbons (Fsp3) is 0.286. The van der Waals surface area contributed by atoms with Crippen LogP contribution in [0.5, 0.6) is 0 Å². The molecule has 1 aromatic heterocycles. The molecule has 1 aromatic carbocycles. The van der Waals surface area contributed by atoms with E-state index < -0.39 is 6.04 Å². The molecule has 1 atom stereocenters. The van der Waals surface area contributed by atoms with Gasteiger partial charge in [-0.1, -0.05) is 12.1 Å². The standard InChI is InChI=1S/C14H14N4O3/c19-12-6-5-10(14(21)18-12)15-7-11-16-9-4-2-1-3-8(9)13(20)17-11/h1-4,10,15H,5-7H2,(H,16,17,20)(H,18,19,21). The van der Waals surface area contributed by atoms with E-state index in [4.69, 9.17) is 0 Å². The third-order valence-electron chi connectivity index (χ3n) is 3.42. The zero-order chi connectivity index (χ0) is 14.8. The zero-order valence-electron chi connectivity index (χ0n) is 11.2. The first-order chi connectivity index (χ1) is 10.1. The van der Waals surface area contributed by atoms with Crippen LogP contribution in [-0.2, 0) is 16.1 Å². The predicted molar refractivity (Wildman–Crippen MR) is 75.4 cm³/mol. The number of aromatic nitrogens is 2. The van der Waals surface area contributed by atoms with Crippen molar-refractivity contribution in [2.24, 2.45) is 0 Å². The molecular formula is C14H14N4O3. The van der Waals surface area contributed by atoms with Crippen molar-refractivity contribution >= 4 is 22.7 Å². The van der Waals surface area contributed by atoms with Crippen molar-refractivity contribution < 1.29 is 9.59 Å². The molecule has 3 N–H and O–H groups in total. The van der Waals surface area contributed by atoms with Crippen molar-refractivity contribution in [3.05, 3.63) is 40.4 Å². The first-order valence-corrected chi connectivity index (χ1v) is 6.68. The van der Waals surface area contributed by atoms with Gasteiger partial charge in [-0.15, -0.1) is 0 Å². The number of H-pyrrole nitrogens is 1. The van der Waals surface area contributed by atoms with Gasteiger partial charge in [0.25, 0.3) is 5.56 Å². The summed E-state index contributed by atoms with van der Waals surface area (Å²) < 4.78 is 0. The van der Waals surface area contributed by atoms with Gasteiger partial charge in [0.2, 0.25) is 11.8 Å². The largest absolute Gasteiger partial charge is 0.309 e. The Balaban J connectivity index is 1.75. The van der Waals surface area contributed by atoms with Crippen molar-refractivity contribution in [2.45, 2.75) is 25.4 Å². The Labute approximate surface area is 119 Å². The molecule has 1 unspecified atom stereocenters. The number of rotatable bonds is 3. The molecule has 0 saturated carbocycles. The van der Waals surface area contributed by atoms with Gasteiger partial charge >= 0.3 is 0 Å². The number of hydrogen-bond acceptors (Lipinski definition) is 5. The Morgan fingerprint density at radius 1 is 1.24 bits per heavy atom. The van der Waals surface area contributed by atoms with Gasteiger partial charge in [-0.25, -0.2) is 4.98 Å². The van der Waals surface area contributed by atoms with Crippen LogP contribution in [0.3, 0.4) is 0 Å². The molecule has 1 aliphatic rings. The van der Waals surface area contributed by atoms with Crippen LogP contribution in [0.4, 0.5) is 0 Å². The minimum Gasteiger partial charge on any atom is -0.309 e. The van der Waals surface area contributed by atoms with E-state index in [2.05, 4.69) is 20.6 Å². The lowest BCUT2D eigenvalue weighted by molar-refractivity contribution is -0.134. The monoisotopic (exact) mass is 286 g/mol. The van der Waals surface area contributed by atoms with E-state index in [0.29, 0.717) is 29.6 Å². The summed E-state index contributed by atoms with van der Waals surface area (Å²) in [4.78, 5) is 41.6. The number of carbonyl (C=O) groups excluding carboxylic acids is 2. The molecular weight excluding hydrogens is 272 g/mol. The minimum atomic E-state index is -0.445. The number of amides is 2. The van der Waals surface area contributed by atoms with Gasteiger partial charge in [0.1, 0.15) is 5.82 Å². The van der Waals surface area contributed by atoms with Crippen LogP contribution in [0.25, 0.3) is 10.9 Å². The number of fused-ring (bicyclic) bond motifs is 1. The van der Waals surface area contributed by atoms with E-state index in [1.54, 1.807) is 18.2 Å². The van der Waals surface area contributed by atoms with E-state index in [1.165, 1.54) is 0 Å². The Hall–Kier alpha value is -2.54.